The van der Waals surface area contributed by atoms with E-state index in [0.717, 1.165) is 0 Å². The number of carbonyl (C=O) groups is 1. The van der Waals surface area contributed by atoms with Crippen LogP contribution in [0.1, 0.15) is 15.4 Å². The highest BCUT2D eigenvalue weighted by atomic mass is 32.1. The lowest BCUT2D eigenvalue weighted by Gasteiger charge is -2.06. The molecule has 0 aliphatic rings. The molecule has 6 heteroatoms. The predicted molar refractivity (Wildman–Crippen MR) is 50.2 cm³/mol. The number of hydrogen-bond acceptors (Lipinski definition) is 6. The van der Waals surface area contributed by atoms with Crippen LogP contribution in [0.3, 0.4) is 0 Å². The Bertz CT molecular complexity index is 312. The van der Waals surface area contributed by atoms with Gasteiger partial charge in [0.25, 0.3) is 0 Å². The van der Waals surface area contributed by atoms with E-state index in [-0.39, 0.29) is 12.1 Å². The average Bonchev–Trinajstić information content (AvgIpc) is 2.64. The molecule has 78 valence electrons. The van der Waals surface area contributed by atoms with Crippen LogP contribution in [-0.2, 0) is 15.9 Å². The summed E-state index contributed by atoms with van der Waals surface area (Å²) in [6.07, 6.45) is -0.676. The van der Waals surface area contributed by atoms with Gasteiger partial charge in [0.05, 0.1) is 12.6 Å². The second-order valence-electron chi connectivity index (χ2n) is 2.51. The molecule has 0 aliphatic carbocycles. The minimum absolute atomic E-state index is 0.242. The number of rotatable bonds is 4. The first-order valence-electron chi connectivity index (χ1n) is 3.90. The molecular formula is C8H11NO4S. The number of aromatic nitrogens is 1. The fraction of sp³-hybridized carbons (Fsp3) is 0.500. The van der Waals surface area contributed by atoms with E-state index < -0.39 is 12.3 Å². The van der Waals surface area contributed by atoms with E-state index in [0.29, 0.717) is 4.88 Å². The van der Waals surface area contributed by atoms with Crippen molar-refractivity contribution >= 4 is 17.3 Å². The highest BCUT2D eigenvalue weighted by Crippen LogP contribution is 2.16. The summed E-state index contributed by atoms with van der Waals surface area (Å²) in [5.74, 6) is -0.496. The van der Waals surface area contributed by atoms with Crippen LogP contribution in [0.2, 0.25) is 0 Å². The highest BCUT2D eigenvalue weighted by molar-refractivity contribution is 7.09. The van der Waals surface area contributed by atoms with Gasteiger partial charge in [-0.2, -0.15) is 0 Å². The highest BCUT2D eigenvalue weighted by Gasteiger charge is 2.17. The molecule has 1 rings (SSSR count). The van der Waals surface area contributed by atoms with Crippen LogP contribution in [0.4, 0.5) is 0 Å². The summed E-state index contributed by atoms with van der Waals surface area (Å²) >= 11 is 1.28. The predicted octanol–water partition coefficient (Wildman–Crippen LogP) is 0.437. The second-order valence-corrected chi connectivity index (χ2v) is 3.45. The van der Waals surface area contributed by atoms with E-state index >= 15 is 0 Å². The van der Waals surface area contributed by atoms with Gasteiger partial charge in [0, 0.05) is 18.4 Å². The fourth-order valence-electron chi connectivity index (χ4n) is 0.920. The average molecular weight is 217 g/mol. The Morgan fingerprint density at radius 2 is 2.43 bits per heavy atom. The van der Waals surface area contributed by atoms with Gasteiger partial charge in [0.2, 0.25) is 0 Å². The molecule has 1 N–H and O–H groups in total. The minimum atomic E-state index is -0.918. The van der Waals surface area contributed by atoms with E-state index in [1.165, 1.54) is 31.1 Å². The van der Waals surface area contributed by atoms with E-state index in [9.17, 15) is 9.90 Å². The normalized spacial score (nSPS) is 12.5. The summed E-state index contributed by atoms with van der Waals surface area (Å²) in [4.78, 5) is 15.7. The zero-order chi connectivity index (χ0) is 10.6. The Kier molecular flexibility index (Phi) is 3.99. The van der Waals surface area contributed by atoms with Gasteiger partial charge >= 0.3 is 5.97 Å². The number of carbonyl (C=O) groups excluding carboxylic acids is 1. The first-order chi connectivity index (χ1) is 6.69. The molecule has 1 heterocycles. The Labute approximate surface area is 85.3 Å². The van der Waals surface area contributed by atoms with E-state index in [1.807, 2.05) is 0 Å². The van der Waals surface area contributed by atoms with Gasteiger partial charge in [-0.05, 0) is 0 Å². The van der Waals surface area contributed by atoms with Crippen LogP contribution in [0, 0.1) is 0 Å². The van der Waals surface area contributed by atoms with Crippen molar-refractivity contribution in [3.8, 4) is 0 Å². The van der Waals surface area contributed by atoms with Crippen LogP contribution in [0.5, 0.6) is 0 Å². The number of hydrogen-bond donors (Lipinski definition) is 1. The van der Waals surface area contributed by atoms with Crippen molar-refractivity contribution in [1.82, 2.24) is 4.98 Å². The Morgan fingerprint density at radius 1 is 1.71 bits per heavy atom. The number of methoxy groups -OCH3 is 2. The largest absolute Gasteiger partial charge is 0.464 e. The molecule has 0 saturated carbocycles. The van der Waals surface area contributed by atoms with Crippen molar-refractivity contribution in [2.45, 2.75) is 12.7 Å². The maximum Gasteiger partial charge on any atom is 0.357 e. The number of thiazole rings is 1. The molecule has 0 amide bonds. The van der Waals surface area contributed by atoms with Crippen LogP contribution in [0.25, 0.3) is 0 Å². The van der Waals surface area contributed by atoms with Crippen molar-refractivity contribution in [2.24, 2.45) is 0 Å². The SMILES string of the molecule is COC(=O)c1ncsc1CC(O)OC. The summed E-state index contributed by atoms with van der Waals surface area (Å²) in [5, 5.41) is 9.21. The lowest BCUT2D eigenvalue weighted by Crippen LogP contribution is -2.14. The molecule has 0 aromatic carbocycles. The van der Waals surface area contributed by atoms with Crippen molar-refractivity contribution in [3.05, 3.63) is 16.1 Å². The quantitative estimate of drug-likeness (QED) is 0.585. The first-order valence-corrected chi connectivity index (χ1v) is 4.78. The monoisotopic (exact) mass is 217 g/mol. The van der Waals surface area contributed by atoms with Crippen LogP contribution < -0.4 is 0 Å². The fourth-order valence-corrected chi connectivity index (χ4v) is 1.69. The third-order valence-corrected chi connectivity index (χ3v) is 2.51. The van der Waals surface area contributed by atoms with Gasteiger partial charge in [-0.15, -0.1) is 11.3 Å². The van der Waals surface area contributed by atoms with Gasteiger partial charge in [0.1, 0.15) is 0 Å². The summed E-state index contributed by atoms with van der Waals surface area (Å²) in [7, 11) is 2.68. The van der Waals surface area contributed by atoms with Gasteiger partial charge in [-0.3, -0.25) is 0 Å². The molecular weight excluding hydrogens is 206 g/mol. The lowest BCUT2D eigenvalue weighted by atomic mass is 10.3. The van der Waals surface area contributed by atoms with E-state index in [1.54, 1.807) is 0 Å². The van der Waals surface area contributed by atoms with Crippen LogP contribution in [0.15, 0.2) is 5.51 Å². The molecule has 5 nitrogen and oxygen atoms in total. The van der Waals surface area contributed by atoms with E-state index in [4.69, 9.17) is 0 Å². The molecule has 0 aliphatic heterocycles. The van der Waals surface area contributed by atoms with Crippen LogP contribution in [-0.4, -0.2) is 36.6 Å². The molecule has 0 saturated heterocycles. The molecule has 0 radical (unpaired) electrons. The minimum Gasteiger partial charge on any atom is -0.464 e. The molecule has 1 aromatic rings. The van der Waals surface area contributed by atoms with Crippen molar-refractivity contribution in [1.29, 1.82) is 0 Å². The maximum absolute atomic E-state index is 11.2. The summed E-state index contributed by atoms with van der Waals surface area (Å²) in [6, 6.07) is 0. The Balaban J connectivity index is 2.77. The van der Waals surface area contributed by atoms with Gasteiger partial charge in [-0.25, -0.2) is 9.78 Å². The molecule has 1 aromatic heterocycles. The Hall–Kier alpha value is -0.980. The summed E-state index contributed by atoms with van der Waals surface area (Å²) in [5.41, 5.74) is 1.78. The molecule has 1 unspecified atom stereocenters. The number of aliphatic hydroxyl groups excluding tert-OH is 1. The van der Waals surface area contributed by atoms with Gasteiger partial charge < -0.3 is 14.6 Å². The number of nitrogens with zero attached hydrogens (tertiary/aromatic N) is 1. The van der Waals surface area contributed by atoms with Gasteiger partial charge in [0.15, 0.2) is 12.0 Å². The third kappa shape index (κ3) is 2.50. The Morgan fingerprint density at radius 3 is 3.00 bits per heavy atom. The van der Waals surface area contributed by atoms with Crippen molar-refractivity contribution in [3.63, 3.8) is 0 Å². The van der Waals surface area contributed by atoms with Gasteiger partial charge in [-0.1, -0.05) is 0 Å². The summed E-state index contributed by atoms with van der Waals surface area (Å²) < 4.78 is 9.21. The molecule has 0 bridgehead atoms. The molecule has 1 atom stereocenters. The topological polar surface area (TPSA) is 68.7 Å². The maximum atomic E-state index is 11.2. The zero-order valence-corrected chi connectivity index (χ0v) is 8.71. The smallest absolute Gasteiger partial charge is 0.357 e. The second kappa shape index (κ2) is 5.04. The first kappa shape index (κ1) is 11.1. The van der Waals surface area contributed by atoms with Crippen molar-refractivity contribution in [2.75, 3.05) is 14.2 Å². The lowest BCUT2D eigenvalue weighted by molar-refractivity contribution is -0.0716. The van der Waals surface area contributed by atoms with Crippen LogP contribution >= 0.6 is 11.3 Å². The standard InChI is InChI=1S/C8H11NO4S/c1-12-6(10)3-5-7(8(11)13-2)9-4-14-5/h4,6,10H,3H2,1-2H3. The molecule has 0 fully saturated rings. The number of aliphatic hydroxyl groups is 1. The number of ether oxygens (including phenoxy) is 2. The molecule has 0 spiro atoms. The molecule has 14 heavy (non-hydrogen) atoms. The zero-order valence-electron chi connectivity index (χ0n) is 7.89. The van der Waals surface area contributed by atoms with Crippen molar-refractivity contribution < 1.29 is 19.4 Å². The summed E-state index contributed by atoms with van der Waals surface area (Å²) in [6.45, 7) is 0. The van der Waals surface area contributed by atoms with E-state index in [2.05, 4.69) is 14.5 Å². The third-order valence-electron chi connectivity index (χ3n) is 1.65. The number of esters is 1.